The van der Waals surface area contributed by atoms with E-state index in [1.54, 1.807) is 0 Å². The SMILES string of the molecule is CC1CCCN(C(=O)CNCCN(C)C)C1. The molecule has 1 fully saturated rings. The van der Waals surface area contributed by atoms with Gasteiger partial charge in [0.1, 0.15) is 0 Å². The minimum absolute atomic E-state index is 0.255. The van der Waals surface area contributed by atoms with Crippen LogP contribution in [-0.4, -0.2) is 62.5 Å². The highest BCUT2D eigenvalue weighted by molar-refractivity contribution is 5.78. The van der Waals surface area contributed by atoms with E-state index in [0.29, 0.717) is 12.5 Å². The molecule has 4 heteroatoms. The normalized spacial score (nSPS) is 21.5. The molecule has 1 rings (SSSR count). The van der Waals surface area contributed by atoms with E-state index in [9.17, 15) is 4.79 Å². The van der Waals surface area contributed by atoms with Crippen molar-refractivity contribution in [1.82, 2.24) is 15.1 Å². The highest BCUT2D eigenvalue weighted by Crippen LogP contribution is 2.14. The summed E-state index contributed by atoms with van der Waals surface area (Å²) in [5.74, 6) is 0.921. The third-order valence-electron chi connectivity index (χ3n) is 3.02. The van der Waals surface area contributed by atoms with Crippen molar-refractivity contribution in [1.29, 1.82) is 0 Å². The van der Waals surface area contributed by atoms with E-state index >= 15 is 0 Å². The first kappa shape index (κ1) is 13.5. The Morgan fingerprint density at radius 2 is 2.25 bits per heavy atom. The molecule has 1 saturated heterocycles. The molecule has 4 nitrogen and oxygen atoms in total. The molecule has 0 spiro atoms. The van der Waals surface area contributed by atoms with Crippen LogP contribution in [-0.2, 0) is 4.79 Å². The summed E-state index contributed by atoms with van der Waals surface area (Å²) >= 11 is 0. The van der Waals surface area contributed by atoms with Crippen molar-refractivity contribution < 1.29 is 4.79 Å². The zero-order valence-electron chi connectivity index (χ0n) is 10.8. The first-order valence-electron chi connectivity index (χ1n) is 6.23. The number of nitrogens with one attached hydrogen (secondary N) is 1. The van der Waals surface area contributed by atoms with Gasteiger partial charge in [0.15, 0.2) is 0 Å². The lowest BCUT2D eigenvalue weighted by molar-refractivity contribution is -0.131. The second kappa shape index (κ2) is 6.86. The summed E-state index contributed by atoms with van der Waals surface area (Å²) in [5, 5.41) is 3.20. The monoisotopic (exact) mass is 227 g/mol. The van der Waals surface area contributed by atoms with E-state index in [-0.39, 0.29) is 5.91 Å². The standard InChI is InChI=1S/C12H25N3O/c1-11-5-4-7-15(10-11)12(16)9-13-6-8-14(2)3/h11,13H,4-10H2,1-3H3. The van der Waals surface area contributed by atoms with Crippen molar-refractivity contribution >= 4 is 5.91 Å². The van der Waals surface area contributed by atoms with Crippen molar-refractivity contribution in [3.63, 3.8) is 0 Å². The van der Waals surface area contributed by atoms with Crippen LogP contribution in [0.5, 0.6) is 0 Å². The second-order valence-corrected chi connectivity index (χ2v) is 5.07. The number of nitrogens with zero attached hydrogens (tertiary/aromatic N) is 2. The Hall–Kier alpha value is -0.610. The Morgan fingerprint density at radius 3 is 2.88 bits per heavy atom. The van der Waals surface area contributed by atoms with Crippen LogP contribution in [0.25, 0.3) is 0 Å². The fourth-order valence-corrected chi connectivity index (χ4v) is 2.03. The van der Waals surface area contributed by atoms with Crippen LogP contribution in [0.4, 0.5) is 0 Å². The fourth-order valence-electron chi connectivity index (χ4n) is 2.03. The van der Waals surface area contributed by atoms with Crippen molar-refractivity contribution in [2.45, 2.75) is 19.8 Å². The number of rotatable bonds is 5. The molecule has 0 aromatic carbocycles. The molecule has 0 aromatic heterocycles. The van der Waals surface area contributed by atoms with Gasteiger partial charge in [0.2, 0.25) is 5.91 Å². The molecular weight excluding hydrogens is 202 g/mol. The van der Waals surface area contributed by atoms with E-state index in [4.69, 9.17) is 0 Å². The van der Waals surface area contributed by atoms with Gasteiger partial charge in [-0.15, -0.1) is 0 Å². The van der Waals surface area contributed by atoms with E-state index in [2.05, 4.69) is 17.1 Å². The number of hydrogen-bond acceptors (Lipinski definition) is 3. The fraction of sp³-hybridized carbons (Fsp3) is 0.917. The number of likely N-dealkylation sites (tertiary alicyclic amines) is 1. The molecule has 1 heterocycles. The Balaban J connectivity index is 2.14. The van der Waals surface area contributed by atoms with E-state index in [0.717, 1.165) is 32.6 Å². The van der Waals surface area contributed by atoms with Crippen LogP contribution < -0.4 is 5.32 Å². The zero-order valence-corrected chi connectivity index (χ0v) is 10.8. The zero-order chi connectivity index (χ0) is 12.0. The van der Waals surface area contributed by atoms with E-state index < -0.39 is 0 Å². The number of piperidine rings is 1. The smallest absolute Gasteiger partial charge is 0.236 e. The Kier molecular flexibility index (Phi) is 5.77. The molecule has 0 aromatic rings. The van der Waals surface area contributed by atoms with Gasteiger partial charge >= 0.3 is 0 Å². The number of hydrogen-bond donors (Lipinski definition) is 1. The minimum Gasteiger partial charge on any atom is -0.341 e. The summed E-state index contributed by atoms with van der Waals surface area (Å²) in [6.07, 6.45) is 2.42. The van der Waals surface area contributed by atoms with Gasteiger partial charge in [0.05, 0.1) is 6.54 Å². The second-order valence-electron chi connectivity index (χ2n) is 5.07. The third kappa shape index (κ3) is 4.94. The predicted octanol–water partition coefficient (Wildman–Crippen LogP) is 0.396. The highest BCUT2D eigenvalue weighted by Gasteiger charge is 2.20. The van der Waals surface area contributed by atoms with Crippen molar-refractivity contribution in [3.05, 3.63) is 0 Å². The van der Waals surface area contributed by atoms with Gasteiger partial charge in [-0.2, -0.15) is 0 Å². The number of likely N-dealkylation sites (N-methyl/N-ethyl adjacent to an activating group) is 1. The van der Waals surface area contributed by atoms with Gasteiger partial charge in [-0.05, 0) is 32.9 Å². The van der Waals surface area contributed by atoms with E-state index in [1.807, 2.05) is 19.0 Å². The van der Waals surface area contributed by atoms with Crippen LogP contribution >= 0.6 is 0 Å². The van der Waals surface area contributed by atoms with Crippen LogP contribution in [0.15, 0.2) is 0 Å². The van der Waals surface area contributed by atoms with Gasteiger partial charge in [-0.25, -0.2) is 0 Å². The molecule has 94 valence electrons. The average molecular weight is 227 g/mol. The maximum atomic E-state index is 11.8. The van der Waals surface area contributed by atoms with Crippen LogP contribution in [0.1, 0.15) is 19.8 Å². The van der Waals surface area contributed by atoms with Gasteiger partial charge in [0.25, 0.3) is 0 Å². The van der Waals surface area contributed by atoms with Crippen LogP contribution in [0, 0.1) is 5.92 Å². The summed E-state index contributed by atoms with van der Waals surface area (Å²) in [5.41, 5.74) is 0. The summed E-state index contributed by atoms with van der Waals surface area (Å²) in [6.45, 7) is 6.44. The lowest BCUT2D eigenvalue weighted by Gasteiger charge is -2.31. The van der Waals surface area contributed by atoms with Gasteiger partial charge in [-0.3, -0.25) is 4.79 Å². The summed E-state index contributed by atoms with van der Waals surface area (Å²) in [7, 11) is 4.08. The lowest BCUT2D eigenvalue weighted by Crippen LogP contribution is -2.44. The molecule has 0 aliphatic carbocycles. The largest absolute Gasteiger partial charge is 0.341 e. The highest BCUT2D eigenvalue weighted by atomic mass is 16.2. The Morgan fingerprint density at radius 1 is 1.50 bits per heavy atom. The summed E-state index contributed by atoms with van der Waals surface area (Å²) < 4.78 is 0. The van der Waals surface area contributed by atoms with Gasteiger partial charge in [-0.1, -0.05) is 6.92 Å². The molecule has 1 atom stereocenters. The molecule has 1 aliphatic heterocycles. The van der Waals surface area contributed by atoms with Crippen molar-refractivity contribution in [3.8, 4) is 0 Å². The summed E-state index contributed by atoms with van der Waals surface area (Å²) in [4.78, 5) is 15.9. The molecule has 16 heavy (non-hydrogen) atoms. The maximum Gasteiger partial charge on any atom is 0.236 e. The molecule has 1 amide bonds. The molecule has 1 aliphatic rings. The Bertz CT molecular complexity index is 218. The van der Waals surface area contributed by atoms with E-state index in [1.165, 1.54) is 6.42 Å². The predicted molar refractivity (Wildman–Crippen MR) is 66.4 cm³/mol. The molecular formula is C12H25N3O. The minimum atomic E-state index is 0.255. The third-order valence-corrected chi connectivity index (χ3v) is 3.02. The molecule has 1 unspecified atom stereocenters. The van der Waals surface area contributed by atoms with Crippen molar-refractivity contribution in [2.75, 3.05) is 46.8 Å². The quantitative estimate of drug-likeness (QED) is 0.690. The molecule has 0 saturated carbocycles. The molecule has 0 bridgehead atoms. The Labute approximate surface area is 99.0 Å². The first-order valence-corrected chi connectivity index (χ1v) is 6.23. The first-order chi connectivity index (χ1) is 7.59. The van der Waals surface area contributed by atoms with Crippen LogP contribution in [0.2, 0.25) is 0 Å². The van der Waals surface area contributed by atoms with Gasteiger partial charge < -0.3 is 15.1 Å². The maximum absolute atomic E-state index is 11.8. The van der Waals surface area contributed by atoms with Gasteiger partial charge in [0, 0.05) is 26.2 Å². The molecule has 0 radical (unpaired) electrons. The number of carbonyl (C=O) groups excluding carboxylic acids is 1. The topological polar surface area (TPSA) is 35.6 Å². The van der Waals surface area contributed by atoms with Crippen LogP contribution in [0.3, 0.4) is 0 Å². The molecule has 1 N–H and O–H groups in total. The average Bonchev–Trinajstić information content (AvgIpc) is 2.24. The summed E-state index contributed by atoms with van der Waals surface area (Å²) in [6, 6.07) is 0. The lowest BCUT2D eigenvalue weighted by atomic mass is 10.0. The number of carbonyl (C=O) groups is 1. The van der Waals surface area contributed by atoms with Crippen molar-refractivity contribution in [2.24, 2.45) is 5.92 Å². The number of amides is 1.